The summed E-state index contributed by atoms with van der Waals surface area (Å²) in [6, 6.07) is 13.7. The van der Waals surface area contributed by atoms with E-state index in [0.29, 0.717) is 55.3 Å². The van der Waals surface area contributed by atoms with Crippen LogP contribution in [0.15, 0.2) is 47.3 Å². The van der Waals surface area contributed by atoms with E-state index in [1.807, 2.05) is 19.1 Å². The lowest BCUT2D eigenvalue weighted by molar-refractivity contribution is 0.0938. The minimum Gasteiger partial charge on any atom is -0.378 e. The van der Waals surface area contributed by atoms with Crippen LogP contribution in [-0.2, 0) is 11.3 Å². The Kier molecular flexibility index (Phi) is 6.13. The first kappa shape index (κ1) is 21.6. The van der Waals surface area contributed by atoms with Gasteiger partial charge in [0.15, 0.2) is 0 Å². The van der Waals surface area contributed by atoms with Crippen molar-refractivity contribution < 1.29 is 9.53 Å². The van der Waals surface area contributed by atoms with Gasteiger partial charge < -0.3 is 15.0 Å². The van der Waals surface area contributed by atoms with Gasteiger partial charge in [0, 0.05) is 24.7 Å². The van der Waals surface area contributed by atoms with E-state index < -0.39 is 0 Å². The number of ether oxygens (including phenoxy) is 1. The Bertz CT molecular complexity index is 1210. The second-order valence-electron chi connectivity index (χ2n) is 9.07. The summed E-state index contributed by atoms with van der Waals surface area (Å²) in [5.74, 6) is 0.534. The molecular formula is C26H30N4O3. The summed E-state index contributed by atoms with van der Waals surface area (Å²) in [4.78, 5) is 33.4. The molecule has 7 heteroatoms. The quantitative estimate of drug-likeness (QED) is 0.651. The molecule has 1 N–H and O–H groups in total. The predicted octanol–water partition coefficient (Wildman–Crippen LogP) is 3.26. The summed E-state index contributed by atoms with van der Waals surface area (Å²) in [6.07, 6.45) is 4.38. The normalized spacial score (nSPS) is 16.9. The molecule has 1 saturated heterocycles. The third-order valence-electron chi connectivity index (χ3n) is 6.64. The highest BCUT2D eigenvalue weighted by atomic mass is 16.5. The lowest BCUT2D eigenvalue weighted by Gasteiger charge is -2.30. The van der Waals surface area contributed by atoms with Gasteiger partial charge in [-0.1, -0.05) is 42.7 Å². The van der Waals surface area contributed by atoms with Crippen molar-refractivity contribution in [2.24, 2.45) is 0 Å². The molecule has 2 aromatic carbocycles. The van der Waals surface area contributed by atoms with Crippen LogP contribution in [0.25, 0.3) is 10.9 Å². The van der Waals surface area contributed by atoms with Crippen LogP contribution in [0.1, 0.15) is 47.2 Å². The number of hydrogen-bond donors (Lipinski definition) is 1. The van der Waals surface area contributed by atoms with Crippen LogP contribution in [0, 0.1) is 6.92 Å². The lowest BCUT2D eigenvalue weighted by atomic mass is 10.1. The molecule has 0 spiro atoms. The Morgan fingerprint density at radius 3 is 2.55 bits per heavy atom. The van der Waals surface area contributed by atoms with Crippen LogP contribution in [-0.4, -0.2) is 47.8 Å². The largest absolute Gasteiger partial charge is 0.378 e. The van der Waals surface area contributed by atoms with E-state index in [1.54, 1.807) is 22.8 Å². The molecule has 3 aromatic rings. The monoisotopic (exact) mass is 446 g/mol. The molecule has 172 valence electrons. The second kappa shape index (κ2) is 9.35. The molecule has 2 aliphatic rings. The molecule has 0 radical (unpaired) electrons. The summed E-state index contributed by atoms with van der Waals surface area (Å²) in [5, 5.41) is 3.65. The molecule has 0 bridgehead atoms. The number of fused-ring (bicyclic) bond motifs is 1. The predicted molar refractivity (Wildman–Crippen MR) is 129 cm³/mol. The smallest absolute Gasteiger partial charge is 0.263 e. The maximum absolute atomic E-state index is 13.6. The molecule has 1 saturated carbocycles. The second-order valence-corrected chi connectivity index (χ2v) is 9.07. The maximum atomic E-state index is 13.6. The molecule has 33 heavy (non-hydrogen) atoms. The number of hydrogen-bond acceptors (Lipinski definition) is 5. The standard InChI is InChI=1S/C26H30N4O3/c1-18-6-8-19(9-7-18)17-30-25(32)22-11-10-20(24(31)27-21-4-2-3-5-21)16-23(22)28-26(30)29-12-14-33-15-13-29/h6-11,16,21H,2-5,12-15,17H2,1H3,(H,27,31). The number of rotatable bonds is 5. The van der Waals surface area contributed by atoms with Crippen molar-refractivity contribution in [3.8, 4) is 0 Å². The molecule has 1 amide bonds. The van der Waals surface area contributed by atoms with Crippen molar-refractivity contribution in [1.29, 1.82) is 0 Å². The van der Waals surface area contributed by atoms with Gasteiger partial charge in [-0.2, -0.15) is 0 Å². The van der Waals surface area contributed by atoms with Gasteiger partial charge >= 0.3 is 0 Å². The molecule has 0 atom stereocenters. The number of amides is 1. The minimum atomic E-state index is -0.0950. The SMILES string of the molecule is Cc1ccc(Cn2c(N3CCOCC3)nc3cc(C(=O)NC4CCCC4)ccc3c2=O)cc1. The van der Waals surface area contributed by atoms with Crippen molar-refractivity contribution in [2.75, 3.05) is 31.2 Å². The summed E-state index contributed by atoms with van der Waals surface area (Å²) in [6.45, 7) is 5.04. The Balaban J connectivity index is 1.54. The molecule has 2 fully saturated rings. The van der Waals surface area contributed by atoms with E-state index in [9.17, 15) is 9.59 Å². The van der Waals surface area contributed by atoms with Gasteiger partial charge in [0.2, 0.25) is 5.95 Å². The zero-order chi connectivity index (χ0) is 22.8. The number of aryl methyl sites for hydroxylation is 1. The van der Waals surface area contributed by atoms with E-state index in [1.165, 1.54) is 5.56 Å². The van der Waals surface area contributed by atoms with Gasteiger partial charge in [0.1, 0.15) is 0 Å². The van der Waals surface area contributed by atoms with Crippen LogP contribution < -0.4 is 15.8 Å². The van der Waals surface area contributed by atoms with Gasteiger partial charge in [-0.05, 0) is 43.5 Å². The number of benzene rings is 2. The molecule has 0 unspecified atom stereocenters. The van der Waals surface area contributed by atoms with Gasteiger partial charge in [-0.3, -0.25) is 14.2 Å². The highest BCUT2D eigenvalue weighted by Gasteiger charge is 2.22. The first-order chi connectivity index (χ1) is 16.1. The molecule has 1 aliphatic heterocycles. The lowest BCUT2D eigenvalue weighted by Crippen LogP contribution is -2.41. The number of morpholine rings is 1. The van der Waals surface area contributed by atoms with E-state index in [-0.39, 0.29) is 17.5 Å². The fraction of sp³-hybridized carbons (Fsp3) is 0.423. The Hall–Kier alpha value is -3.19. The fourth-order valence-electron chi connectivity index (χ4n) is 4.71. The molecular weight excluding hydrogens is 416 g/mol. The zero-order valence-corrected chi connectivity index (χ0v) is 19.0. The highest BCUT2D eigenvalue weighted by Crippen LogP contribution is 2.21. The van der Waals surface area contributed by atoms with E-state index in [0.717, 1.165) is 31.2 Å². The highest BCUT2D eigenvalue weighted by molar-refractivity contribution is 5.98. The van der Waals surface area contributed by atoms with Gasteiger partial charge in [-0.15, -0.1) is 0 Å². The number of anilines is 1. The van der Waals surface area contributed by atoms with Crippen LogP contribution in [0.3, 0.4) is 0 Å². The summed E-state index contributed by atoms with van der Waals surface area (Å²) >= 11 is 0. The molecule has 2 heterocycles. The van der Waals surface area contributed by atoms with Gasteiger partial charge in [0.25, 0.3) is 11.5 Å². The van der Waals surface area contributed by atoms with Crippen molar-refractivity contribution in [3.63, 3.8) is 0 Å². The number of nitrogens with zero attached hydrogens (tertiary/aromatic N) is 3. The molecule has 7 nitrogen and oxygen atoms in total. The number of carbonyl (C=O) groups excluding carboxylic acids is 1. The summed E-state index contributed by atoms with van der Waals surface area (Å²) in [7, 11) is 0. The molecule has 5 rings (SSSR count). The number of aromatic nitrogens is 2. The Labute approximate surface area is 193 Å². The van der Waals surface area contributed by atoms with Crippen molar-refractivity contribution in [1.82, 2.24) is 14.9 Å². The van der Waals surface area contributed by atoms with Crippen molar-refractivity contribution >= 4 is 22.8 Å². The van der Waals surface area contributed by atoms with Crippen LogP contribution >= 0.6 is 0 Å². The van der Waals surface area contributed by atoms with E-state index in [4.69, 9.17) is 9.72 Å². The van der Waals surface area contributed by atoms with E-state index >= 15 is 0 Å². The summed E-state index contributed by atoms with van der Waals surface area (Å²) < 4.78 is 7.26. The molecule has 1 aromatic heterocycles. The van der Waals surface area contributed by atoms with Crippen molar-refractivity contribution in [3.05, 3.63) is 69.5 Å². The fourth-order valence-corrected chi connectivity index (χ4v) is 4.71. The minimum absolute atomic E-state index is 0.0928. The maximum Gasteiger partial charge on any atom is 0.263 e. The average Bonchev–Trinajstić information content (AvgIpc) is 3.35. The Morgan fingerprint density at radius 1 is 1.09 bits per heavy atom. The number of carbonyl (C=O) groups is 1. The van der Waals surface area contributed by atoms with Crippen LogP contribution in [0.2, 0.25) is 0 Å². The first-order valence-corrected chi connectivity index (χ1v) is 11.8. The first-order valence-electron chi connectivity index (χ1n) is 11.8. The third-order valence-corrected chi connectivity index (χ3v) is 6.64. The van der Waals surface area contributed by atoms with Crippen LogP contribution in [0.5, 0.6) is 0 Å². The van der Waals surface area contributed by atoms with Crippen LogP contribution in [0.4, 0.5) is 5.95 Å². The zero-order valence-electron chi connectivity index (χ0n) is 19.0. The van der Waals surface area contributed by atoms with Crippen molar-refractivity contribution in [2.45, 2.75) is 45.2 Å². The summed E-state index contributed by atoms with van der Waals surface area (Å²) in [5.41, 5.74) is 3.24. The topological polar surface area (TPSA) is 76.5 Å². The van der Waals surface area contributed by atoms with Gasteiger partial charge in [0.05, 0.1) is 30.7 Å². The number of nitrogens with one attached hydrogen (secondary N) is 1. The Morgan fingerprint density at radius 2 is 1.82 bits per heavy atom. The average molecular weight is 447 g/mol. The van der Waals surface area contributed by atoms with Gasteiger partial charge in [-0.25, -0.2) is 4.98 Å². The van der Waals surface area contributed by atoms with E-state index in [2.05, 4.69) is 22.3 Å². The molecule has 1 aliphatic carbocycles. The third kappa shape index (κ3) is 4.64.